The van der Waals surface area contributed by atoms with Crippen molar-refractivity contribution in [3.05, 3.63) is 70.8 Å². The first kappa shape index (κ1) is 27.8. The van der Waals surface area contributed by atoms with Crippen LogP contribution in [0.3, 0.4) is 0 Å². The first-order chi connectivity index (χ1) is 17.9. The highest BCUT2D eigenvalue weighted by Gasteiger charge is 2.50. The van der Waals surface area contributed by atoms with Crippen LogP contribution in [0.1, 0.15) is 81.4 Å². The molecule has 2 atom stereocenters. The van der Waals surface area contributed by atoms with Gasteiger partial charge < -0.3 is 15.0 Å². The highest BCUT2D eigenvalue weighted by Crippen LogP contribution is 2.36. The highest BCUT2D eigenvalue weighted by molar-refractivity contribution is 6.08. The van der Waals surface area contributed by atoms with Crippen molar-refractivity contribution in [2.24, 2.45) is 5.92 Å². The number of amides is 2. The van der Waals surface area contributed by atoms with Gasteiger partial charge in [-0.05, 0) is 53.9 Å². The Morgan fingerprint density at radius 1 is 1.18 bits per heavy atom. The minimum atomic E-state index is -0.962. The molecule has 0 aliphatic carbocycles. The maximum Gasteiger partial charge on any atom is 0.260 e. The Morgan fingerprint density at radius 2 is 1.89 bits per heavy atom. The summed E-state index contributed by atoms with van der Waals surface area (Å²) in [4.78, 5) is 31.2. The molecule has 4 rings (SSSR count). The third-order valence-corrected chi connectivity index (χ3v) is 7.67. The molecule has 0 radical (unpaired) electrons. The Morgan fingerprint density at radius 3 is 2.53 bits per heavy atom. The Bertz CT molecular complexity index is 1190. The number of nitrogens with one attached hydrogen (secondary N) is 2. The molecule has 2 fully saturated rings. The van der Waals surface area contributed by atoms with E-state index in [0.29, 0.717) is 37.7 Å². The van der Waals surface area contributed by atoms with Crippen molar-refractivity contribution in [1.82, 2.24) is 15.1 Å². The molecule has 2 aromatic rings. The van der Waals surface area contributed by atoms with Gasteiger partial charge in [-0.15, -0.1) is 0 Å². The number of morpholine rings is 1. The van der Waals surface area contributed by atoms with Crippen LogP contribution in [0.5, 0.6) is 0 Å². The summed E-state index contributed by atoms with van der Waals surface area (Å²) in [5, 5.41) is 12.0. The summed E-state index contributed by atoms with van der Waals surface area (Å²) in [5.41, 5.74) is 2.14. The van der Waals surface area contributed by atoms with E-state index in [9.17, 15) is 9.59 Å². The average molecular weight is 519 g/mol. The van der Waals surface area contributed by atoms with Crippen molar-refractivity contribution >= 4 is 17.8 Å². The van der Waals surface area contributed by atoms with Crippen LogP contribution in [0.2, 0.25) is 0 Å². The van der Waals surface area contributed by atoms with Gasteiger partial charge in [-0.1, -0.05) is 77.1 Å². The van der Waals surface area contributed by atoms with Crippen LogP contribution < -0.4 is 5.32 Å². The van der Waals surface area contributed by atoms with Crippen molar-refractivity contribution in [2.75, 3.05) is 19.8 Å². The molecular weight excluding hydrogens is 476 g/mol. The molecule has 2 saturated heterocycles. The zero-order valence-corrected chi connectivity index (χ0v) is 23.6. The first-order valence-electron chi connectivity index (χ1n) is 13.7. The second-order valence-corrected chi connectivity index (χ2v) is 12.1. The topological polar surface area (TPSA) is 85.7 Å². The molecule has 2 heterocycles. The summed E-state index contributed by atoms with van der Waals surface area (Å²) < 4.78 is 5.55. The SMILES string of the molecule is CC(C)CC[C@]1(c2ccccc2)NC(=N)N(Cc2ccc(C(C)(C)C)c(C(=O)N3CCOC[C@@H]3C)c2)C1=O. The van der Waals surface area contributed by atoms with Crippen LogP contribution in [0.15, 0.2) is 48.5 Å². The van der Waals surface area contributed by atoms with Crippen LogP contribution in [0.4, 0.5) is 0 Å². The fourth-order valence-corrected chi connectivity index (χ4v) is 5.43. The summed E-state index contributed by atoms with van der Waals surface area (Å²) in [6.07, 6.45) is 1.46. The van der Waals surface area contributed by atoms with Crippen molar-refractivity contribution < 1.29 is 14.3 Å². The van der Waals surface area contributed by atoms with Crippen molar-refractivity contribution in [1.29, 1.82) is 5.41 Å². The number of hydrogen-bond acceptors (Lipinski definition) is 4. The molecule has 2 aromatic carbocycles. The number of rotatable bonds is 7. The average Bonchev–Trinajstić information content (AvgIpc) is 3.12. The van der Waals surface area contributed by atoms with Crippen LogP contribution >= 0.6 is 0 Å². The minimum Gasteiger partial charge on any atom is -0.377 e. The molecule has 0 spiro atoms. The third kappa shape index (κ3) is 5.48. The fraction of sp³-hybridized carbons (Fsp3) is 0.516. The van der Waals surface area contributed by atoms with E-state index in [1.54, 1.807) is 0 Å². The van der Waals surface area contributed by atoms with Crippen molar-refractivity contribution in [2.45, 2.75) is 77.9 Å². The third-order valence-electron chi connectivity index (χ3n) is 7.67. The maximum atomic E-state index is 14.0. The van der Waals surface area contributed by atoms with Crippen molar-refractivity contribution in [3.63, 3.8) is 0 Å². The Hall–Kier alpha value is -3.19. The summed E-state index contributed by atoms with van der Waals surface area (Å²) >= 11 is 0. The fourth-order valence-electron chi connectivity index (χ4n) is 5.43. The van der Waals surface area contributed by atoms with E-state index in [-0.39, 0.29) is 35.8 Å². The molecular formula is C31H42N4O3. The van der Waals surface area contributed by atoms with Crippen LogP contribution in [-0.2, 0) is 27.0 Å². The number of hydrogen-bond donors (Lipinski definition) is 2. The Kier molecular flexibility index (Phi) is 7.98. The molecule has 204 valence electrons. The number of guanidine groups is 1. The Balaban J connectivity index is 1.67. The lowest BCUT2D eigenvalue weighted by Crippen LogP contribution is -2.47. The zero-order valence-electron chi connectivity index (χ0n) is 23.6. The normalized spacial score (nSPS) is 22.2. The van der Waals surface area contributed by atoms with Gasteiger partial charge in [-0.2, -0.15) is 0 Å². The van der Waals surface area contributed by atoms with E-state index < -0.39 is 5.54 Å². The number of carbonyl (C=O) groups is 2. The Labute approximate surface area is 227 Å². The zero-order chi connectivity index (χ0) is 27.7. The predicted octanol–water partition coefficient (Wildman–Crippen LogP) is 5.04. The van der Waals surface area contributed by atoms with Crippen LogP contribution in [-0.4, -0.2) is 53.4 Å². The van der Waals surface area contributed by atoms with Gasteiger partial charge in [-0.25, -0.2) is 0 Å². The summed E-state index contributed by atoms with van der Waals surface area (Å²) in [6, 6.07) is 15.6. The van der Waals surface area contributed by atoms with Gasteiger partial charge >= 0.3 is 0 Å². The first-order valence-corrected chi connectivity index (χ1v) is 13.7. The lowest BCUT2D eigenvalue weighted by Gasteiger charge is -2.35. The van der Waals surface area contributed by atoms with Crippen LogP contribution in [0, 0.1) is 11.3 Å². The van der Waals surface area contributed by atoms with Gasteiger partial charge in [0.2, 0.25) is 0 Å². The quantitative estimate of drug-likeness (QED) is 0.538. The molecule has 2 amide bonds. The molecule has 0 unspecified atom stereocenters. The van der Waals surface area contributed by atoms with E-state index >= 15 is 0 Å². The largest absolute Gasteiger partial charge is 0.377 e. The van der Waals surface area contributed by atoms with Gasteiger partial charge in [0.15, 0.2) is 5.96 Å². The number of benzene rings is 2. The summed E-state index contributed by atoms with van der Waals surface area (Å²) in [5.74, 6) is 0.389. The van der Waals surface area contributed by atoms with Gasteiger partial charge in [0.25, 0.3) is 11.8 Å². The van der Waals surface area contributed by atoms with Gasteiger partial charge in [0.1, 0.15) is 5.54 Å². The lowest BCUT2D eigenvalue weighted by molar-refractivity contribution is -0.132. The molecule has 0 saturated carbocycles. The lowest BCUT2D eigenvalue weighted by atomic mass is 9.82. The van der Waals surface area contributed by atoms with E-state index in [4.69, 9.17) is 10.1 Å². The highest BCUT2D eigenvalue weighted by atomic mass is 16.5. The summed E-state index contributed by atoms with van der Waals surface area (Å²) in [7, 11) is 0. The predicted molar refractivity (Wildman–Crippen MR) is 150 cm³/mol. The van der Waals surface area contributed by atoms with Crippen molar-refractivity contribution in [3.8, 4) is 0 Å². The standard InChI is InChI=1S/C31H42N4O3/c1-21(2)14-15-31(24-10-8-7-9-11-24)28(37)35(29(32)33-31)19-23-12-13-26(30(4,5)6)25(18-23)27(36)34-16-17-38-20-22(34)3/h7-13,18,21-22H,14-17,19-20H2,1-6H3,(H2,32,33)/t22-,31+/m0/s1. The van der Waals surface area contributed by atoms with Gasteiger partial charge in [0, 0.05) is 12.1 Å². The van der Waals surface area contributed by atoms with E-state index in [1.807, 2.05) is 60.4 Å². The monoisotopic (exact) mass is 518 g/mol. The molecule has 38 heavy (non-hydrogen) atoms. The van der Waals surface area contributed by atoms with Gasteiger partial charge in [-0.3, -0.25) is 19.9 Å². The molecule has 0 aromatic heterocycles. The van der Waals surface area contributed by atoms with E-state index in [1.165, 1.54) is 4.90 Å². The maximum absolute atomic E-state index is 14.0. The second-order valence-electron chi connectivity index (χ2n) is 12.1. The van der Waals surface area contributed by atoms with Crippen LogP contribution in [0.25, 0.3) is 0 Å². The molecule has 7 heteroatoms. The minimum absolute atomic E-state index is 0.00212. The molecule has 2 N–H and O–H groups in total. The smallest absolute Gasteiger partial charge is 0.260 e. The molecule has 0 bridgehead atoms. The van der Waals surface area contributed by atoms with E-state index in [0.717, 1.165) is 23.1 Å². The van der Waals surface area contributed by atoms with Gasteiger partial charge in [0.05, 0.1) is 25.8 Å². The second kappa shape index (κ2) is 10.9. The molecule has 7 nitrogen and oxygen atoms in total. The number of carbonyl (C=O) groups excluding carboxylic acids is 2. The molecule has 2 aliphatic heterocycles. The van der Waals surface area contributed by atoms with E-state index in [2.05, 4.69) is 39.9 Å². The number of ether oxygens (including phenoxy) is 1. The summed E-state index contributed by atoms with van der Waals surface area (Å²) in [6.45, 7) is 14.5. The number of nitrogens with zero attached hydrogens (tertiary/aromatic N) is 2. The molecule has 2 aliphatic rings.